The van der Waals surface area contributed by atoms with Gasteiger partial charge in [0.05, 0.1) is 12.0 Å². The summed E-state index contributed by atoms with van der Waals surface area (Å²) < 4.78 is 1.78. The molecule has 0 bridgehead atoms. The maximum absolute atomic E-state index is 12.1. The van der Waals surface area contributed by atoms with Crippen molar-refractivity contribution in [3.05, 3.63) is 26.8 Å². The fraction of sp³-hybridized carbons (Fsp3) is 0.583. The van der Waals surface area contributed by atoms with E-state index in [2.05, 4.69) is 20.9 Å². The van der Waals surface area contributed by atoms with Crippen LogP contribution < -0.4 is 5.56 Å². The second-order valence-corrected chi connectivity index (χ2v) is 5.28. The van der Waals surface area contributed by atoms with Crippen molar-refractivity contribution in [3.63, 3.8) is 0 Å². The molecule has 0 N–H and O–H groups in total. The molecule has 0 aromatic carbocycles. The molecule has 1 aromatic rings. The predicted octanol–water partition coefficient (Wildman–Crippen LogP) is 1.33. The first-order valence-electron chi connectivity index (χ1n) is 6.05. The zero-order chi connectivity index (χ0) is 13.3. The third-order valence-electron chi connectivity index (χ3n) is 3.11. The zero-order valence-corrected chi connectivity index (χ0v) is 12.1. The van der Waals surface area contributed by atoms with Crippen molar-refractivity contribution in [1.82, 2.24) is 14.5 Å². The van der Waals surface area contributed by atoms with Gasteiger partial charge in [-0.15, -0.1) is 0 Å². The minimum atomic E-state index is -0.206. The van der Waals surface area contributed by atoms with Crippen LogP contribution in [0.25, 0.3) is 0 Å². The maximum atomic E-state index is 12.1. The average molecular weight is 314 g/mol. The van der Waals surface area contributed by atoms with E-state index in [1.165, 1.54) is 10.9 Å². The molecule has 1 amide bonds. The van der Waals surface area contributed by atoms with E-state index < -0.39 is 0 Å². The fourth-order valence-corrected chi connectivity index (χ4v) is 2.25. The number of carbonyl (C=O) groups excluding carboxylic acids is 1. The van der Waals surface area contributed by atoms with E-state index in [0.717, 1.165) is 12.8 Å². The molecule has 0 aliphatic heterocycles. The summed E-state index contributed by atoms with van der Waals surface area (Å²) in [5.41, 5.74) is 0.431. The lowest BCUT2D eigenvalue weighted by Gasteiger charge is -2.20. The lowest BCUT2D eigenvalue weighted by atomic mass is 10.4. The number of hydrogen-bond acceptors (Lipinski definition) is 3. The van der Waals surface area contributed by atoms with Crippen LogP contribution in [0.2, 0.25) is 0 Å². The molecule has 1 aliphatic rings. The Bertz CT molecular complexity index is 523. The van der Waals surface area contributed by atoms with Crippen LogP contribution in [0.1, 0.15) is 25.5 Å². The lowest BCUT2D eigenvalue weighted by Crippen LogP contribution is -2.38. The fourth-order valence-electron chi connectivity index (χ4n) is 1.92. The minimum Gasteiger partial charge on any atom is -0.338 e. The van der Waals surface area contributed by atoms with Gasteiger partial charge in [0, 0.05) is 12.6 Å². The quantitative estimate of drug-likeness (QED) is 0.842. The van der Waals surface area contributed by atoms with E-state index >= 15 is 0 Å². The van der Waals surface area contributed by atoms with Gasteiger partial charge in [0.1, 0.15) is 11.0 Å². The van der Waals surface area contributed by atoms with E-state index in [1.54, 1.807) is 6.92 Å². The van der Waals surface area contributed by atoms with Crippen LogP contribution in [0.5, 0.6) is 0 Å². The summed E-state index contributed by atoms with van der Waals surface area (Å²) in [4.78, 5) is 29.9. The monoisotopic (exact) mass is 313 g/mol. The Morgan fingerprint density at radius 1 is 1.61 bits per heavy atom. The van der Waals surface area contributed by atoms with Crippen molar-refractivity contribution >= 4 is 21.8 Å². The van der Waals surface area contributed by atoms with E-state index in [4.69, 9.17) is 0 Å². The third kappa shape index (κ3) is 2.63. The Balaban J connectivity index is 2.16. The van der Waals surface area contributed by atoms with E-state index in [-0.39, 0.29) is 18.0 Å². The molecule has 1 heterocycles. The van der Waals surface area contributed by atoms with Gasteiger partial charge in [-0.1, -0.05) is 0 Å². The summed E-state index contributed by atoms with van der Waals surface area (Å²) in [6.07, 6.45) is 3.58. The molecule has 1 saturated carbocycles. The summed E-state index contributed by atoms with van der Waals surface area (Å²) in [5.74, 6) is -0.0142. The predicted molar refractivity (Wildman–Crippen MR) is 71.3 cm³/mol. The Hall–Kier alpha value is -1.17. The number of aryl methyl sites for hydroxylation is 1. The topological polar surface area (TPSA) is 55.2 Å². The van der Waals surface area contributed by atoms with Gasteiger partial charge < -0.3 is 4.90 Å². The Labute approximate surface area is 114 Å². The SMILES string of the molecule is CCN(C(=O)Cn1cnc(C)c(Br)c1=O)C1CC1. The first-order valence-corrected chi connectivity index (χ1v) is 6.85. The highest BCUT2D eigenvalue weighted by atomic mass is 79.9. The first kappa shape index (κ1) is 13.3. The number of halogens is 1. The van der Waals surface area contributed by atoms with E-state index in [1.807, 2.05) is 11.8 Å². The summed E-state index contributed by atoms with van der Waals surface area (Å²) >= 11 is 3.19. The van der Waals surface area contributed by atoms with Crippen LogP contribution in [-0.4, -0.2) is 32.9 Å². The number of aromatic nitrogens is 2. The molecular weight excluding hydrogens is 298 g/mol. The number of likely N-dealkylation sites (N-methyl/N-ethyl adjacent to an activating group) is 1. The van der Waals surface area contributed by atoms with Crippen molar-refractivity contribution in [1.29, 1.82) is 0 Å². The molecule has 0 saturated heterocycles. The van der Waals surface area contributed by atoms with E-state index in [0.29, 0.717) is 22.8 Å². The third-order valence-corrected chi connectivity index (χ3v) is 4.02. The molecule has 1 aliphatic carbocycles. The van der Waals surface area contributed by atoms with Gasteiger partial charge in [-0.05, 0) is 42.6 Å². The smallest absolute Gasteiger partial charge is 0.268 e. The largest absolute Gasteiger partial charge is 0.338 e. The molecule has 1 fully saturated rings. The Morgan fingerprint density at radius 3 is 2.83 bits per heavy atom. The summed E-state index contributed by atoms with van der Waals surface area (Å²) in [7, 11) is 0. The lowest BCUT2D eigenvalue weighted by molar-refractivity contribution is -0.132. The minimum absolute atomic E-state index is 0.0142. The van der Waals surface area contributed by atoms with Crippen LogP contribution in [0, 0.1) is 6.92 Å². The molecule has 2 rings (SSSR count). The average Bonchev–Trinajstić information content (AvgIpc) is 3.15. The van der Waals surface area contributed by atoms with Crippen LogP contribution in [0.4, 0.5) is 0 Å². The van der Waals surface area contributed by atoms with Crippen molar-refractivity contribution in [2.45, 2.75) is 39.3 Å². The van der Waals surface area contributed by atoms with Crippen LogP contribution >= 0.6 is 15.9 Å². The van der Waals surface area contributed by atoms with Crippen molar-refractivity contribution in [2.24, 2.45) is 0 Å². The van der Waals surface area contributed by atoms with Gasteiger partial charge in [0.25, 0.3) is 5.56 Å². The van der Waals surface area contributed by atoms with Gasteiger partial charge >= 0.3 is 0 Å². The molecule has 98 valence electrons. The number of rotatable bonds is 4. The second kappa shape index (κ2) is 5.22. The van der Waals surface area contributed by atoms with Gasteiger partial charge in [-0.2, -0.15) is 0 Å². The molecular formula is C12H16BrN3O2. The zero-order valence-electron chi connectivity index (χ0n) is 10.5. The standard InChI is InChI=1S/C12H16BrN3O2/c1-3-16(9-4-5-9)10(17)6-15-7-14-8(2)11(13)12(15)18/h7,9H,3-6H2,1-2H3. The molecule has 18 heavy (non-hydrogen) atoms. The van der Waals surface area contributed by atoms with Crippen LogP contribution in [-0.2, 0) is 11.3 Å². The van der Waals surface area contributed by atoms with E-state index in [9.17, 15) is 9.59 Å². The Morgan fingerprint density at radius 2 is 2.28 bits per heavy atom. The normalized spacial score (nSPS) is 14.6. The molecule has 0 atom stereocenters. The number of nitrogens with zero attached hydrogens (tertiary/aromatic N) is 3. The number of carbonyl (C=O) groups is 1. The first-order chi connectivity index (χ1) is 8.54. The maximum Gasteiger partial charge on any atom is 0.268 e. The summed E-state index contributed by atoms with van der Waals surface area (Å²) in [6, 6.07) is 0.375. The van der Waals surface area contributed by atoms with Crippen LogP contribution in [0.3, 0.4) is 0 Å². The van der Waals surface area contributed by atoms with Crippen molar-refractivity contribution in [2.75, 3.05) is 6.54 Å². The highest BCUT2D eigenvalue weighted by molar-refractivity contribution is 9.10. The molecule has 0 spiro atoms. The van der Waals surface area contributed by atoms with Gasteiger partial charge in [0.15, 0.2) is 0 Å². The Kier molecular flexibility index (Phi) is 3.85. The molecule has 5 nitrogen and oxygen atoms in total. The van der Waals surface area contributed by atoms with Crippen LogP contribution in [0.15, 0.2) is 15.6 Å². The molecule has 1 aromatic heterocycles. The molecule has 0 unspecified atom stereocenters. The second-order valence-electron chi connectivity index (χ2n) is 4.49. The van der Waals surface area contributed by atoms with Gasteiger partial charge in [-0.3, -0.25) is 14.2 Å². The highest BCUT2D eigenvalue weighted by Crippen LogP contribution is 2.26. The number of amides is 1. The van der Waals surface area contributed by atoms with Gasteiger partial charge in [-0.25, -0.2) is 4.98 Å². The summed E-state index contributed by atoms with van der Waals surface area (Å²) in [6.45, 7) is 4.47. The van der Waals surface area contributed by atoms with Crippen molar-refractivity contribution in [3.8, 4) is 0 Å². The molecule has 0 radical (unpaired) electrons. The van der Waals surface area contributed by atoms with Gasteiger partial charge in [0.2, 0.25) is 5.91 Å². The highest BCUT2D eigenvalue weighted by Gasteiger charge is 2.31. The molecule has 6 heteroatoms. The summed E-state index contributed by atoms with van der Waals surface area (Å²) in [5, 5.41) is 0. The van der Waals surface area contributed by atoms with Crippen molar-refractivity contribution < 1.29 is 4.79 Å². The number of hydrogen-bond donors (Lipinski definition) is 0.